The van der Waals surface area contributed by atoms with Crippen molar-refractivity contribution in [1.29, 1.82) is 0 Å². The van der Waals surface area contributed by atoms with E-state index in [0.717, 1.165) is 11.4 Å². The zero-order valence-electron chi connectivity index (χ0n) is 15.7. The molecule has 8 heteroatoms. The highest BCUT2D eigenvalue weighted by atomic mass is 35.5. The van der Waals surface area contributed by atoms with Crippen molar-refractivity contribution in [3.63, 3.8) is 0 Å². The Morgan fingerprint density at radius 1 is 1.11 bits per heavy atom. The molecule has 0 fully saturated rings. The monoisotopic (exact) mass is 434 g/mol. The number of thioether (sulfide) groups is 1. The van der Waals surface area contributed by atoms with Gasteiger partial charge in [-0.1, -0.05) is 73.1 Å². The maximum atomic E-state index is 12.2. The lowest BCUT2D eigenvalue weighted by molar-refractivity contribution is -0.113. The van der Waals surface area contributed by atoms with Crippen molar-refractivity contribution in [2.24, 2.45) is 7.05 Å². The number of amides is 1. The van der Waals surface area contributed by atoms with Gasteiger partial charge in [0.25, 0.3) is 0 Å². The average molecular weight is 435 g/mol. The number of hydrogen-bond donors (Lipinski definition) is 1. The van der Waals surface area contributed by atoms with Gasteiger partial charge in [0.05, 0.1) is 5.75 Å². The molecule has 0 atom stereocenters. The summed E-state index contributed by atoms with van der Waals surface area (Å²) in [6, 6.07) is 13.2. The van der Waals surface area contributed by atoms with Crippen molar-refractivity contribution >= 4 is 46.6 Å². The molecule has 0 spiro atoms. The van der Waals surface area contributed by atoms with Crippen LogP contribution in [0.3, 0.4) is 0 Å². The van der Waals surface area contributed by atoms with Crippen molar-refractivity contribution in [3.8, 4) is 11.4 Å². The van der Waals surface area contributed by atoms with E-state index in [2.05, 4.69) is 41.5 Å². The molecule has 0 aliphatic rings. The lowest BCUT2D eigenvalue weighted by Crippen LogP contribution is -2.14. The summed E-state index contributed by atoms with van der Waals surface area (Å²) in [5, 5.41) is 12.9. The highest BCUT2D eigenvalue weighted by molar-refractivity contribution is 7.99. The van der Waals surface area contributed by atoms with E-state index in [4.69, 9.17) is 23.2 Å². The summed E-state index contributed by atoms with van der Waals surface area (Å²) >= 11 is 13.2. The first-order valence-electron chi connectivity index (χ1n) is 8.72. The number of carbonyl (C=O) groups excluding carboxylic acids is 1. The van der Waals surface area contributed by atoms with Gasteiger partial charge in [0.2, 0.25) is 5.91 Å². The number of hydrogen-bond acceptors (Lipinski definition) is 4. The third kappa shape index (κ3) is 5.07. The maximum absolute atomic E-state index is 12.2. The van der Waals surface area contributed by atoms with Crippen molar-refractivity contribution in [3.05, 3.63) is 58.1 Å². The van der Waals surface area contributed by atoms with Gasteiger partial charge in [0.1, 0.15) is 0 Å². The smallest absolute Gasteiger partial charge is 0.234 e. The molecular weight excluding hydrogens is 415 g/mol. The van der Waals surface area contributed by atoms with Crippen LogP contribution in [0.5, 0.6) is 0 Å². The summed E-state index contributed by atoms with van der Waals surface area (Å²) in [5.74, 6) is 1.27. The van der Waals surface area contributed by atoms with E-state index >= 15 is 0 Å². The van der Waals surface area contributed by atoms with Gasteiger partial charge in [-0.2, -0.15) is 0 Å². The van der Waals surface area contributed by atoms with E-state index in [1.165, 1.54) is 17.3 Å². The number of aromatic nitrogens is 3. The number of nitrogens with zero attached hydrogens (tertiary/aromatic N) is 3. The van der Waals surface area contributed by atoms with Gasteiger partial charge in [-0.15, -0.1) is 10.2 Å². The van der Waals surface area contributed by atoms with E-state index < -0.39 is 0 Å². The number of rotatable bonds is 6. The van der Waals surface area contributed by atoms with Gasteiger partial charge in [-0.25, -0.2) is 0 Å². The molecule has 1 aromatic heterocycles. The molecule has 2 aromatic carbocycles. The Morgan fingerprint density at radius 2 is 1.75 bits per heavy atom. The van der Waals surface area contributed by atoms with E-state index in [1.807, 2.05) is 23.7 Å². The molecule has 146 valence electrons. The standard InChI is InChI=1S/C20H20Cl2N4OS/c1-12(2)13-4-6-14(7-5-13)19-24-25-20(26(19)3)28-11-18(27)23-17-9-15(21)8-16(22)10-17/h4-10,12H,11H2,1-3H3,(H,23,27). The molecule has 0 unspecified atom stereocenters. The number of halogens is 2. The average Bonchev–Trinajstić information content (AvgIpc) is 2.99. The molecular formula is C20H20Cl2N4OS. The summed E-state index contributed by atoms with van der Waals surface area (Å²) < 4.78 is 1.89. The van der Waals surface area contributed by atoms with Crippen LogP contribution in [-0.2, 0) is 11.8 Å². The van der Waals surface area contributed by atoms with Gasteiger partial charge in [0, 0.05) is 28.3 Å². The molecule has 0 radical (unpaired) electrons. The van der Waals surface area contributed by atoms with Crippen LogP contribution in [0.25, 0.3) is 11.4 Å². The van der Waals surface area contributed by atoms with Gasteiger partial charge >= 0.3 is 0 Å². The normalized spacial score (nSPS) is 11.1. The summed E-state index contributed by atoms with van der Waals surface area (Å²) in [6.07, 6.45) is 0. The molecule has 0 bridgehead atoms. The second kappa shape index (κ2) is 8.99. The molecule has 0 aliphatic heterocycles. The topological polar surface area (TPSA) is 59.8 Å². The molecule has 1 N–H and O–H groups in total. The fraction of sp³-hybridized carbons (Fsp3) is 0.250. The number of benzene rings is 2. The summed E-state index contributed by atoms with van der Waals surface area (Å²) in [5.41, 5.74) is 2.83. The highest BCUT2D eigenvalue weighted by Crippen LogP contribution is 2.25. The third-order valence-electron chi connectivity index (χ3n) is 4.15. The zero-order chi connectivity index (χ0) is 20.3. The number of nitrogens with one attached hydrogen (secondary N) is 1. The first kappa shape index (κ1) is 20.7. The lowest BCUT2D eigenvalue weighted by Gasteiger charge is -2.08. The van der Waals surface area contributed by atoms with E-state index in [-0.39, 0.29) is 11.7 Å². The number of carbonyl (C=O) groups is 1. The Kier molecular flexibility index (Phi) is 6.65. The van der Waals surface area contributed by atoms with Crippen LogP contribution in [0.15, 0.2) is 47.6 Å². The van der Waals surface area contributed by atoms with Gasteiger partial charge in [-0.3, -0.25) is 4.79 Å². The Balaban J connectivity index is 1.64. The first-order valence-corrected chi connectivity index (χ1v) is 10.5. The highest BCUT2D eigenvalue weighted by Gasteiger charge is 2.13. The SMILES string of the molecule is CC(C)c1ccc(-c2nnc(SCC(=O)Nc3cc(Cl)cc(Cl)c3)n2C)cc1. The van der Waals surface area contributed by atoms with Crippen molar-refractivity contribution in [1.82, 2.24) is 14.8 Å². The molecule has 1 heterocycles. The summed E-state index contributed by atoms with van der Waals surface area (Å²) in [4.78, 5) is 12.2. The maximum Gasteiger partial charge on any atom is 0.234 e. The summed E-state index contributed by atoms with van der Waals surface area (Å²) in [7, 11) is 1.89. The molecule has 0 aliphatic carbocycles. The van der Waals surface area contributed by atoms with E-state index in [9.17, 15) is 4.79 Å². The van der Waals surface area contributed by atoms with Crippen LogP contribution in [-0.4, -0.2) is 26.4 Å². The predicted molar refractivity (Wildman–Crippen MR) is 116 cm³/mol. The Labute approximate surface area is 178 Å². The fourth-order valence-corrected chi connectivity index (χ4v) is 3.90. The van der Waals surface area contributed by atoms with Crippen LogP contribution >= 0.6 is 35.0 Å². The van der Waals surface area contributed by atoms with Crippen LogP contribution in [0, 0.1) is 0 Å². The van der Waals surface area contributed by atoms with E-state index in [1.54, 1.807) is 18.2 Å². The molecule has 28 heavy (non-hydrogen) atoms. The van der Waals surface area contributed by atoms with Crippen molar-refractivity contribution in [2.75, 3.05) is 11.1 Å². The predicted octanol–water partition coefficient (Wildman–Crippen LogP) is 5.64. The fourth-order valence-electron chi connectivity index (χ4n) is 2.66. The second-order valence-corrected chi connectivity index (χ2v) is 8.45. The van der Waals surface area contributed by atoms with Crippen molar-refractivity contribution < 1.29 is 4.79 Å². The zero-order valence-corrected chi connectivity index (χ0v) is 18.1. The van der Waals surface area contributed by atoms with Crippen LogP contribution in [0.2, 0.25) is 10.0 Å². The van der Waals surface area contributed by atoms with Crippen LogP contribution in [0.1, 0.15) is 25.3 Å². The molecule has 0 saturated carbocycles. The molecule has 0 saturated heterocycles. The Morgan fingerprint density at radius 3 is 2.36 bits per heavy atom. The third-order valence-corrected chi connectivity index (χ3v) is 5.61. The largest absolute Gasteiger partial charge is 0.325 e. The lowest BCUT2D eigenvalue weighted by atomic mass is 10.0. The Hall–Kier alpha value is -2.02. The molecule has 5 nitrogen and oxygen atoms in total. The number of anilines is 1. The molecule has 3 rings (SSSR count). The molecule has 1 amide bonds. The Bertz CT molecular complexity index is 966. The summed E-state index contributed by atoms with van der Waals surface area (Å²) in [6.45, 7) is 4.32. The quantitative estimate of drug-likeness (QED) is 0.509. The van der Waals surface area contributed by atoms with Crippen molar-refractivity contribution in [2.45, 2.75) is 24.9 Å². The van der Waals surface area contributed by atoms with Crippen LogP contribution < -0.4 is 5.32 Å². The van der Waals surface area contributed by atoms with Gasteiger partial charge < -0.3 is 9.88 Å². The van der Waals surface area contributed by atoms with Gasteiger partial charge in [0.15, 0.2) is 11.0 Å². The van der Waals surface area contributed by atoms with Crippen LogP contribution in [0.4, 0.5) is 5.69 Å². The van der Waals surface area contributed by atoms with E-state index in [0.29, 0.717) is 26.8 Å². The molecule has 3 aromatic rings. The minimum absolute atomic E-state index is 0.172. The first-order chi connectivity index (χ1) is 13.3. The van der Waals surface area contributed by atoms with Gasteiger partial charge in [-0.05, 0) is 29.7 Å². The minimum atomic E-state index is -0.172. The second-order valence-electron chi connectivity index (χ2n) is 6.64. The minimum Gasteiger partial charge on any atom is -0.325 e.